The zero-order valence-corrected chi connectivity index (χ0v) is 14.4. The average Bonchev–Trinajstić information content (AvgIpc) is 3.19. The smallest absolute Gasteiger partial charge is 0.323 e. The summed E-state index contributed by atoms with van der Waals surface area (Å²) in [5.74, 6) is 0. The lowest BCUT2D eigenvalue weighted by Crippen LogP contribution is -2.37. The van der Waals surface area contributed by atoms with Gasteiger partial charge in [-0.05, 0) is 17.8 Å². The van der Waals surface area contributed by atoms with Crippen LogP contribution in [0, 0.1) is 0 Å². The van der Waals surface area contributed by atoms with E-state index < -0.39 is 0 Å². The third kappa shape index (κ3) is 6.28. The summed E-state index contributed by atoms with van der Waals surface area (Å²) >= 11 is 1.22. The van der Waals surface area contributed by atoms with Crippen LogP contribution in [-0.4, -0.2) is 60.8 Å². The van der Waals surface area contributed by atoms with E-state index in [1.54, 1.807) is 7.05 Å². The number of hydrogen-bond acceptors (Lipinski definition) is 7. The van der Waals surface area contributed by atoms with E-state index in [2.05, 4.69) is 22.4 Å². The highest BCUT2D eigenvalue weighted by molar-refractivity contribution is 7.17. The van der Waals surface area contributed by atoms with Crippen molar-refractivity contribution in [1.82, 2.24) is 15.1 Å². The van der Waals surface area contributed by atoms with Crippen LogP contribution in [0.5, 0.6) is 5.19 Å². The Kier molecular flexibility index (Phi) is 7.50. The number of amides is 2. The molecule has 1 fully saturated rings. The second-order valence-corrected chi connectivity index (χ2v) is 6.20. The Labute approximate surface area is 140 Å². The van der Waals surface area contributed by atoms with E-state index in [4.69, 9.17) is 14.2 Å². The van der Waals surface area contributed by atoms with E-state index in [1.165, 1.54) is 29.1 Å². The minimum Gasteiger partial charge on any atom is -0.469 e. The Morgan fingerprint density at radius 1 is 1.35 bits per heavy atom. The third-order valence-corrected chi connectivity index (χ3v) is 4.06. The van der Waals surface area contributed by atoms with E-state index in [-0.39, 0.29) is 12.3 Å². The number of carbonyl (C=O) groups excluding carboxylic acids is 1. The van der Waals surface area contributed by atoms with Crippen molar-refractivity contribution in [2.24, 2.45) is 0 Å². The molecule has 0 radical (unpaired) electrons. The van der Waals surface area contributed by atoms with Gasteiger partial charge in [0.1, 0.15) is 0 Å². The fourth-order valence-electron chi connectivity index (χ4n) is 2.01. The zero-order chi connectivity index (χ0) is 16.5. The van der Waals surface area contributed by atoms with E-state index in [0.29, 0.717) is 36.7 Å². The van der Waals surface area contributed by atoms with Crippen LogP contribution in [0.15, 0.2) is 0 Å². The first kappa shape index (κ1) is 17.9. The van der Waals surface area contributed by atoms with Gasteiger partial charge in [-0.25, -0.2) is 4.79 Å². The second-order valence-electron chi connectivity index (χ2n) is 5.26. The molecule has 1 aromatic heterocycles. The Morgan fingerprint density at radius 3 is 2.87 bits per heavy atom. The molecule has 0 atom stereocenters. The Bertz CT molecular complexity index is 479. The molecule has 130 valence electrons. The summed E-state index contributed by atoms with van der Waals surface area (Å²) in [6.07, 6.45) is 4.19. The van der Waals surface area contributed by atoms with Gasteiger partial charge in [0.15, 0.2) is 6.29 Å². The van der Waals surface area contributed by atoms with Crippen molar-refractivity contribution in [3.05, 3.63) is 0 Å². The molecule has 8 nitrogen and oxygen atoms in total. The monoisotopic (exact) mass is 344 g/mol. The van der Waals surface area contributed by atoms with Crippen LogP contribution in [0.3, 0.4) is 0 Å². The molecule has 1 aromatic rings. The second kappa shape index (κ2) is 9.64. The molecule has 2 heterocycles. The van der Waals surface area contributed by atoms with Crippen LogP contribution in [-0.2, 0) is 9.47 Å². The summed E-state index contributed by atoms with van der Waals surface area (Å²) < 4.78 is 16.1. The summed E-state index contributed by atoms with van der Waals surface area (Å²) in [4.78, 5) is 13.5. The van der Waals surface area contributed by atoms with Crippen LogP contribution in [0.25, 0.3) is 0 Å². The molecule has 0 aliphatic carbocycles. The van der Waals surface area contributed by atoms with Gasteiger partial charge >= 0.3 is 6.03 Å². The first-order chi connectivity index (χ1) is 11.2. The van der Waals surface area contributed by atoms with Gasteiger partial charge in [0.05, 0.1) is 26.4 Å². The fraction of sp³-hybridized carbons (Fsp3) is 0.786. The maximum Gasteiger partial charge on any atom is 0.323 e. The van der Waals surface area contributed by atoms with Crippen LogP contribution in [0.2, 0.25) is 0 Å². The highest BCUT2D eigenvalue weighted by Crippen LogP contribution is 2.22. The van der Waals surface area contributed by atoms with E-state index >= 15 is 0 Å². The molecule has 1 aliphatic heterocycles. The van der Waals surface area contributed by atoms with Crippen molar-refractivity contribution in [2.45, 2.75) is 38.9 Å². The van der Waals surface area contributed by atoms with Gasteiger partial charge in [0, 0.05) is 7.05 Å². The molecule has 1 saturated heterocycles. The van der Waals surface area contributed by atoms with Gasteiger partial charge in [-0.3, -0.25) is 5.32 Å². The summed E-state index contributed by atoms with van der Waals surface area (Å²) in [6.45, 7) is 4.29. The van der Waals surface area contributed by atoms with Crippen molar-refractivity contribution >= 4 is 22.5 Å². The highest BCUT2D eigenvalue weighted by Gasteiger charge is 2.21. The lowest BCUT2D eigenvalue weighted by Gasteiger charge is -2.19. The van der Waals surface area contributed by atoms with Gasteiger partial charge < -0.3 is 19.1 Å². The Hall–Kier alpha value is -1.45. The normalized spacial score (nSPS) is 14.9. The van der Waals surface area contributed by atoms with E-state index in [9.17, 15) is 4.79 Å². The van der Waals surface area contributed by atoms with Crippen molar-refractivity contribution in [3.63, 3.8) is 0 Å². The lowest BCUT2D eigenvalue weighted by atomic mass is 10.2. The zero-order valence-electron chi connectivity index (χ0n) is 13.6. The maximum atomic E-state index is 12.0. The van der Waals surface area contributed by atoms with Crippen LogP contribution >= 0.6 is 11.3 Å². The van der Waals surface area contributed by atoms with Crippen molar-refractivity contribution in [3.8, 4) is 5.19 Å². The summed E-state index contributed by atoms with van der Waals surface area (Å²) in [7, 11) is 1.67. The topological polar surface area (TPSA) is 85.8 Å². The molecule has 9 heteroatoms. The van der Waals surface area contributed by atoms with Gasteiger partial charge in [0.25, 0.3) is 5.19 Å². The van der Waals surface area contributed by atoms with Gasteiger partial charge in [0.2, 0.25) is 5.13 Å². The highest BCUT2D eigenvalue weighted by atomic mass is 32.1. The Balaban J connectivity index is 1.69. The van der Waals surface area contributed by atoms with Crippen molar-refractivity contribution in [1.29, 1.82) is 0 Å². The molecule has 1 aliphatic rings. The van der Waals surface area contributed by atoms with Gasteiger partial charge in [-0.15, -0.1) is 5.10 Å². The largest absolute Gasteiger partial charge is 0.469 e. The number of rotatable bonds is 9. The number of ether oxygens (including phenoxy) is 3. The first-order valence-electron chi connectivity index (χ1n) is 7.90. The number of urea groups is 1. The number of likely N-dealkylation sites (N-methyl/N-ethyl adjacent to an activating group) is 1. The van der Waals surface area contributed by atoms with Crippen LogP contribution < -0.4 is 10.1 Å². The van der Waals surface area contributed by atoms with Crippen molar-refractivity contribution in [2.75, 3.05) is 38.7 Å². The quantitative estimate of drug-likeness (QED) is 0.692. The molecule has 0 bridgehead atoms. The Morgan fingerprint density at radius 2 is 2.13 bits per heavy atom. The fourth-order valence-corrected chi connectivity index (χ4v) is 2.62. The molecular weight excluding hydrogens is 320 g/mol. The summed E-state index contributed by atoms with van der Waals surface area (Å²) in [5, 5.41) is 11.4. The lowest BCUT2D eigenvalue weighted by molar-refractivity contribution is -0.0518. The SMILES string of the molecule is CCCCCCOc1nnc(NC(=O)N(C)CC2OCCO2)s1. The number of aromatic nitrogens is 2. The standard InChI is InChI=1S/C14H24N4O4S/c1-3-4-5-6-7-22-14-17-16-12(23-14)15-13(19)18(2)10-11-20-8-9-21-11/h11H,3-10H2,1-2H3,(H,15,16,19). The molecule has 2 amide bonds. The number of unbranched alkanes of at least 4 members (excludes halogenated alkanes) is 3. The number of nitrogens with one attached hydrogen (secondary N) is 1. The predicted octanol–water partition coefficient (Wildman–Crippen LogP) is 2.33. The number of anilines is 1. The predicted molar refractivity (Wildman–Crippen MR) is 86.9 cm³/mol. The van der Waals surface area contributed by atoms with Crippen LogP contribution in [0.1, 0.15) is 32.6 Å². The molecule has 0 spiro atoms. The van der Waals surface area contributed by atoms with Crippen molar-refractivity contribution < 1.29 is 19.0 Å². The molecule has 0 aromatic carbocycles. The van der Waals surface area contributed by atoms with Gasteiger partial charge in [-0.2, -0.15) is 0 Å². The summed E-state index contributed by atoms with van der Waals surface area (Å²) in [5.41, 5.74) is 0. The number of nitrogens with zero attached hydrogens (tertiary/aromatic N) is 3. The van der Waals surface area contributed by atoms with Crippen LogP contribution in [0.4, 0.5) is 9.93 Å². The average molecular weight is 344 g/mol. The molecule has 2 rings (SSSR count). The number of hydrogen-bond donors (Lipinski definition) is 1. The third-order valence-electron chi connectivity index (χ3n) is 3.30. The molecule has 0 saturated carbocycles. The minimum absolute atomic E-state index is 0.283. The van der Waals surface area contributed by atoms with E-state index in [1.807, 2.05) is 0 Å². The molecular formula is C14H24N4O4S. The summed E-state index contributed by atoms with van der Waals surface area (Å²) in [6, 6.07) is -0.283. The molecule has 0 unspecified atom stereocenters. The van der Waals surface area contributed by atoms with E-state index in [0.717, 1.165) is 12.8 Å². The first-order valence-corrected chi connectivity index (χ1v) is 8.72. The van der Waals surface area contributed by atoms with Gasteiger partial charge in [-0.1, -0.05) is 31.3 Å². The molecule has 23 heavy (non-hydrogen) atoms. The maximum absolute atomic E-state index is 12.0. The molecule has 1 N–H and O–H groups in total. The number of carbonyl (C=O) groups is 1. The minimum atomic E-state index is -0.359.